The van der Waals surface area contributed by atoms with Crippen molar-refractivity contribution in [3.8, 4) is 11.1 Å². The number of hydrogen-bond acceptors (Lipinski definition) is 1. The summed E-state index contributed by atoms with van der Waals surface area (Å²) in [5, 5.41) is 4.99. The second-order valence-corrected chi connectivity index (χ2v) is 9.08. The van der Waals surface area contributed by atoms with Crippen molar-refractivity contribution in [2.45, 2.75) is 24.8 Å². The van der Waals surface area contributed by atoms with Crippen LogP contribution in [0.2, 0.25) is 0 Å². The Hall–Kier alpha value is -3.78. The first-order valence-electron chi connectivity index (χ1n) is 11.5. The molecule has 2 N–H and O–H groups in total. The second kappa shape index (κ2) is 6.86. The smallest absolute Gasteiger partial charge is 0.0462 e. The zero-order valence-electron chi connectivity index (χ0n) is 17.8. The van der Waals surface area contributed by atoms with Crippen molar-refractivity contribution in [2.75, 3.05) is 5.32 Å². The monoisotopic (exact) mass is 412 g/mol. The second-order valence-electron chi connectivity index (χ2n) is 9.08. The van der Waals surface area contributed by atoms with Crippen LogP contribution in [-0.2, 0) is 12.8 Å². The van der Waals surface area contributed by atoms with Gasteiger partial charge in [0.2, 0.25) is 0 Å². The zero-order valence-corrected chi connectivity index (χ0v) is 17.8. The Balaban J connectivity index is 0.000000113. The van der Waals surface area contributed by atoms with Crippen molar-refractivity contribution in [3.63, 3.8) is 0 Å². The standard InChI is InChI=1S/C15H13N.C15H11N/c2*1-2-6-11-10(5-1)9-14-15(11)12-7-3-4-8-13(12)16-14/h1-8,14-16H,9H2;1-8,16H,9H2. The zero-order chi connectivity index (χ0) is 21.1. The van der Waals surface area contributed by atoms with E-state index in [9.17, 15) is 0 Å². The average molecular weight is 413 g/mol. The lowest BCUT2D eigenvalue weighted by atomic mass is 9.93. The van der Waals surface area contributed by atoms with Crippen molar-refractivity contribution in [3.05, 3.63) is 125 Å². The van der Waals surface area contributed by atoms with Gasteiger partial charge in [0.15, 0.2) is 0 Å². The fraction of sp³-hybridized carbons (Fsp3) is 0.133. The summed E-state index contributed by atoms with van der Waals surface area (Å²) < 4.78 is 0. The number of anilines is 1. The van der Waals surface area contributed by atoms with Gasteiger partial charge in [0, 0.05) is 46.2 Å². The third-order valence-corrected chi connectivity index (χ3v) is 7.31. The normalized spacial score (nSPS) is 18.6. The first-order valence-corrected chi connectivity index (χ1v) is 11.5. The van der Waals surface area contributed by atoms with E-state index in [0.717, 1.165) is 12.8 Å². The number of aromatic amines is 1. The topological polar surface area (TPSA) is 27.8 Å². The van der Waals surface area contributed by atoms with Crippen LogP contribution in [0.15, 0.2) is 97.1 Å². The largest absolute Gasteiger partial charge is 0.381 e. The lowest BCUT2D eigenvalue weighted by molar-refractivity contribution is 0.727. The predicted molar refractivity (Wildman–Crippen MR) is 132 cm³/mol. The SMILES string of the molecule is c1ccc2c(c1)CC1Nc3ccccc3C21.c1ccc2c(c1)Cc1[nH]c3ccccc3c1-2. The molecule has 0 bridgehead atoms. The maximum Gasteiger partial charge on any atom is 0.0462 e. The molecule has 2 heteroatoms. The molecular formula is C30H24N2. The van der Waals surface area contributed by atoms with Crippen LogP contribution in [0.5, 0.6) is 0 Å². The number of rotatable bonds is 0. The number of benzene rings is 4. The summed E-state index contributed by atoms with van der Waals surface area (Å²) in [6.07, 6.45) is 2.20. The Bertz CT molecular complexity index is 1430. The molecule has 1 aliphatic heterocycles. The Morgan fingerprint density at radius 2 is 1.38 bits per heavy atom. The van der Waals surface area contributed by atoms with E-state index < -0.39 is 0 Å². The minimum absolute atomic E-state index is 0.576. The third kappa shape index (κ3) is 2.59. The van der Waals surface area contributed by atoms with Crippen LogP contribution in [0.25, 0.3) is 22.0 Å². The summed E-state index contributed by atoms with van der Waals surface area (Å²) in [5.74, 6) is 0.576. The molecule has 32 heavy (non-hydrogen) atoms. The molecule has 0 amide bonds. The molecule has 3 aliphatic rings. The lowest BCUT2D eigenvalue weighted by Gasteiger charge is -2.10. The summed E-state index contributed by atoms with van der Waals surface area (Å²) in [6.45, 7) is 0. The van der Waals surface area contributed by atoms with Crippen molar-refractivity contribution in [2.24, 2.45) is 0 Å². The van der Waals surface area contributed by atoms with Crippen LogP contribution < -0.4 is 5.32 Å². The van der Waals surface area contributed by atoms with Gasteiger partial charge in [-0.1, -0.05) is 84.9 Å². The number of para-hydroxylation sites is 2. The maximum atomic E-state index is 3.64. The first kappa shape index (κ1) is 17.9. The highest BCUT2D eigenvalue weighted by Gasteiger charge is 2.38. The fourth-order valence-electron chi connectivity index (χ4n) is 5.96. The van der Waals surface area contributed by atoms with Gasteiger partial charge < -0.3 is 10.3 Å². The van der Waals surface area contributed by atoms with Crippen LogP contribution in [0.1, 0.15) is 33.9 Å². The Morgan fingerprint density at radius 1 is 0.656 bits per heavy atom. The summed E-state index contributed by atoms with van der Waals surface area (Å²) in [6, 6.07) is 35.3. The van der Waals surface area contributed by atoms with Crippen molar-refractivity contribution >= 4 is 16.6 Å². The van der Waals surface area contributed by atoms with E-state index in [1.54, 1.807) is 0 Å². The number of hydrogen-bond donors (Lipinski definition) is 2. The summed E-state index contributed by atoms with van der Waals surface area (Å²) in [7, 11) is 0. The quantitative estimate of drug-likeness (QED) is 0.279. The lowest BCUT2D eigenvalue weighted by Crippen LogP contribution is -2.16. The molecule has 2 aliphatic carbocycles. The number of aromatic nitrogens is 1. The molecule has 8 rings (SSSR count). The molecule has 1 aromatic heterocycles. The Labute approximate surface area is 187 Å². The molecule has 154 valence electrons. The van der Waals surface area contributed by atoms with Gasteiger partial charge in [-0.3, -0.25) is 0 Å². The van der Waals surface area contributed by atoms with Gasteiger partial charge in [-0.05, 0) is 46.4 Å². The van der Waals surface area contributed by atoms with Gasteiger partial charge in [0.1, 0.15) is 0 Å². The van der Waals surface area contributed by atoms with Crippen LogP contribution in [-0.4, -0.2) is 11.0 Å². The highest BCUT2D eigenvalue weighted by atomic mass is 15.0. The number of H-pyrrole nitrogens is 1. The molecule has 0 saturated heterocycles. The predicted octanol–water partition coefficient (Wildman–Crippen LogP) is 6.91. The molecule has 0 fully saturated rings. The van der Waals surface area contributed by atoms with E-state index in [4.69, 9.17) is 0 Å². The Morgan fingerprint density at radius 3 is 2.31 bits per heavy atom. The van der Waals surface area contributed by atoms with Gasteiger partial charge in [-0.25, -0.2) is 0 Å². The van der Waals surface area contributed by atoms with Gasteiger partial charge in [0.05, 0.1) is 0 Å². The Kier molecular flexibility index (Phi) is 3.83. The maximum absolute atomic E-state index is 3.64. The summed E-state index contributed by atoms with van der Waals surface area (Å²) in [4.78, 5) is 3.52. The number of nitrogens with one attached hydrogen (secondary N) is 2. The van der Waals surface area contributed by atoms with E-state index in [1.807, 2.05) is 0 Å². The van der Waals surface area contributed by atoms with Gasteiger partial charge >= 0.3 is 0 Å². The molecule has 2 atom stereocenters. The van der Waals surface area contributed by atoms with E-state index in [0.29, 0.717) is 12.0 Å². The van der Waals surface area contributed by atoms with Crippen molar-refractivity contribution in [1.29, 1.82) is 0 Å². The van der Waals surface area contributed by atoms with Gasteiger partial charge in [-0.15, -0.1) is 0 Å². The highest BCUT2D eigenvalue weighted by molar-refractivity contribution is 6.00. The van der Waals surface area contributed by atoms with E-state index in [1.165, 1.54) is 55.7 Å². The van der Waals surface area contributed by atoms with Crippen LogP contribution in [0.4, 0.5) is 5.69 Å². The van der Waals surface area contributed by atoms with E-state index in [2.05, 4.69) is 107 Å². The summed E-state index contributed by atoms with van der Waals surface area (Å²) >= 11 is 0. The van der Waals surface area contributed by atoms with Crippen LogP contribution in [0, 0.1) is 0 Å². The van der Waals surface area contributed by atoms with Crippen molar-refractivity contribution < 1.29 is 0 Å². The molecular weight excluding hydrogens is 388 g/mol. The molecule has 5 aromatic rings. The van der Waals surface area contributed by atoms with Crippen molar-refractivity contribution in [1.82, 2.24) is 4.98 Å². The molecule has 2 nitrogen and oxygen atoms in total. The molecule has 0 spiro atoms. The van der Waals surface area contributed by atoms with Crippen LogP contribution >= 0.6 is 0 Å². The van der Waals surface area contributed by atoms with E-state index in [-0.39, 0.29) is 0 Å². The van der Waals surface area contributed by atoms with Gasteiger partial charge in [0.25, 0.3) is 0 Å². The number of fused-ring (bicyclic) bond motifs is 10. The third-order valence-electron chi connectivity index (χ3n) is 7.31. The molecule has 0 radical (unpaired) electrons. The average Bonchev–Trinajstić information content (AvgIpc) is 3.56. The fourth-order valence-corrected chi connectivity index (χ4v) is 5.96. The van der Waals surface area contributed by atoms with Crippen LogP contribution in [0.3, 0.4) is 0 Å². The minimum Gasteiger partial charge on any atom is -0.381 e. The summed E-state index contributed by atoms with van der Waals surface area (Å²) in [5.41, 5.74) is 12.7. The molecule has 0 saturated carbocycles. The molecule has 4 aromatic carbocycles. The highest BCUT2D eigenvalue weighted by Crippen LogP contribution is 2.46. The van der Waals surface area contributed by atoms with Gasteiger partial charge in [-0.2, -0.15) is 0 Å². The minimum atomic E-state index is 0.576. The first-order chi connectivity index (χ1) is 15.9. The molecule has 2 unspecified atom stereocenters. The van der Waals surface area contributed by atoms with E-state index >= 15 is 0 Å². The molecule has 2 heterocycles.